The number of nitriles is 1. The number of carbonyl (C=O) groups is 1. The molecule has 0 spiro atoms. The van der Waals surface area contributed by atoms with Gasteiger partial charge in [0.25, 0.3) is 5.91 Å². The maximum absolute atomic E-state index is 12.7. The minimum Gasteiger partial charge on any atom is -0.493 e. The average molecular weight is 350 g/mol. The van der Waals surface area contributed by atoms with Gasteiger partial charge in [-0.2, -0.15) is 14.0 Å². The Labute approximate surface area is 145 Å². The van der Waals surface area contributed by atoms with Gasteiger partial charge in [0.2, 0.25) is 0 Å². The molecule has 0 saturated heterocycles. The van der Waals surface area contributed by atoms with E-state index in [9.17, 15) is 18.8 Å². The summed E-state index contributed by atoms with van der Waals surface area (Å²) >= 11 is 0. The van der Waals surface area contributed by atoms with E-state index < -0.39 is 12.5 Å². The molecule has 134 valence electrons. The van der Waals surface area contributed by atoms with E-state index in [-0.39, 0.29) is 28.7 Å². The van der Waals surface area contributed by atoms with E-state index in [4.69, 9.17) is 4.74 Å². The second-order valence-electron chi connectivity index (χ2n) is 5.74. The first-order valence-corrected chi connectivity index (χ1v) is 8.09. The molecule has 2 rings (SSSR count). The quantitative estimate of drug-likeness (QED) is 0.628. The number of alkyl halides is 2. The number of ether oxygens (including phenoxy) is 2. The molecule has 25 heavy (non-hydrogen) atoms. The van der Waals surface area contributed by atoms with E-state index in [2.05, 4.69) is 10.1 Å². The van der Waals surface area contributed by atoms with Crippen molar-refractivity contribution in [3.8, 4) is 17.6 Å². The topological polar surface area (TPSA) is 71.3 Å². The maximum Gasteiger partial charge on any atom is 0.387 e. The van der Waals surface area contributed by atoms with Crippen molar-refractivity contribution >= 4 is 12.0 Å². The summed E-state index contributed by atoms with van der Waals surface area (Å²) in [5.74, 6) is -0.627. The molecule has 5 nitrogen and oxygen atoms in total. The molecule has 0 unspecified atom stereocenters. The number of nitrogens with one attached hydrogen (secondary N) is 1. The van der Waals surface area contributed by atoms with Crippen LogP contribution in [0, 0.1) is 11.3 Å². The summed E-state index contributed by atoms with van der Waals surface area (Å²) in [4.78, 5) is 12.3. The van der Waals surface area contributed by atoms with Crippen molar-refractivity contribution in [2.45, 2.75) is 44.8 Å². The van der Waals surface area contributed by atoms with Gasteiger partial charge in [0, 0.05) is 11.6 Å². The summed E-state index contributed by atoms with van der Waals surface area (Å²) in [6.07, 6.45) is 6.22. The Kier molecular flexibility index (Phi) is 6.75. The van der Waals surface area contributed by atoms with Crippen molar-refractivity contribution < 1.29 is 23.0 Å². The molecule has 1 saturated carbocycles. The number of halogens is 2. The third kappa shape index (κ3) is 5.18. The van der Waals surface area contributed by atoms with E-state index in [0.29, 0.717) is 0 Å². The van der Waals surface area contributed by atoms with Crippen LogP contribution in [0.1, 0.15) is 37.7 Å². The van der Waals surface area contributed by atoms with Gasteiger partial charge in [-0.1, -0.05) is 31.4 Å². The lowest BCUT2D eigenvalue weighted by Gasteiger charge is -2.22. The number of hydrogen-bond donors (Lipinski definition) is 1. The van der Waals surface area contributed by atoms with Gasteiger partial charge in [-0.05, 0) is 25.0 Å². The van der Waals surface area contributed by atoms with Gasteiger partial charge in [-0.25, -0.2) is 0 Å². The molecule has 0 atom stereocenters. The molecule has 1 aromatic rings. The SMILES string of the molecule is COc1cccc(/C=C(\C#N)C(=O)NC2CCCCC2)c1OC(F)F. The molecule has 1 aliphatic rings. The number of nitrogens with zero attached hydrogens (tertiary/aromatic N) is 1. The molecular formula is C18H20F2N2O3. The predicted octanol–water partition coefficient (Wildman–Crippen LogP) is 3.65. The molecule has 1 N–H and O–H groups in total. The van der Waals surface area contributed by atoms with Crippen molar-refractivity contribution in [2.24, 2.45) is 0 Å². The molecule has 1 aromatic carbocycles. The fourth-order valence-electron chi connectivity index (χ4n) is 2.84. The number of para-hydroxylation sites is 1. The van der Waals surface area contributed by atoms with Crippen molar-refractivity contribution in [3.63, 3.8) is 0 Å². The highest BCUT2D eigenvalue weighted by Crippen LogP contribution is 2.33. The van der Waals surface area contributed by atoms with Gasteiger partial charge in [0.1, 0.15) is 11.6 Å². The number of amides is 1. The van der Waals surface area contributed by atoms with E-state index in [0.717, 1.165) is 32.1 Å². The van der Waals surface area contributed by atoms with Gasteiger partial charge in [-0.15, -0.1) is 0 Å². The van der Waals surface area contributed by atoms with Crippen LogP contribution in [-0.2, 0) is 4.79 Å². The van der Waals surface area contributed by atoms with Gasteiger partial charge in [0.05, 0.1) is 7.11 Å². The van der Waals surface area contributed by atoms with Crippen molar-refractivity contribution in [1.29, 1.82) is 5.26 Å². The van der Waals surface area contributed by atoms with Crippen LogP contribution >= 0.6 is 0 Å². The number of benzene rings is 1. The maximum atomic E-state index is 12.7. The molecule has 1 fully saturated rings. The molecule has 1 aliphatic carbocycles. The van der Waals surface area contributed by atoms with Gasteiger partial charge in [-0.3, -0.25) is 4.79 Å². The highest BCUT2D eigenvalue weighted by atomic mass is 19.3. The molecule has 0 bridgehead atoms. The van der Waals surface area contributed by atoms with E-state index in [1.807, 2.05) is 6.07 Å². The summed E-state index contributed by atoms with van der Waals surface area (Å²) in [7, 11) is 1.32. The summed E-state index contributed by atoms with van der Waals surface area (Å²) in [5.41, 5.74) is 0.00735. The van der Waals surface area contributed by atoms with Gasteiger partial charge < -0.3 is 14.8 Å². The first-order chi connectivity index (χ1) is 12.0. The van der Waals surface area contributed by atoms with Gasteiger partial charge >= 0.3 is 6.61 Å². The molecule has 1 amide bonds. The second kappa shape index (κ2) is 9.02. The lowest BCUT2D eigenvalue weighted by molar-refractivity contribution is -0.117. The van der Waals surface area contributed by atoms with Crippen LogP contribution in [0.15, 0.2) is 23.8 Å². The number of rotatable bonds is 6. The third-order valence-corrected chi connectivity index (χ3v) is 4.04. The molecule has 7 heteroatoms. The predicted molar refractivity (Wildman–Crippen MR) is 88.2 cm³/mol. The van der Waals surface area contributed by atoms with E-state index >= 15 is 0 Å². The Bertz CT molecular complexity index is 677. The first kappa shape index (κ1) is 18.7. The van der Waals surface area contributed by atoms with Crippen molar-refractivity contribution in [3.05, 3.63) is 29.3 Å². The van der Waals surface area contributed by atoms with Crippen LogP contribution in [-0.4, -0.2) is 25.7 Å². The molecule has 0 heterocycles. The van der Waals surface area contributed by atoms with Crippen molar-refractivity contribution in [2.75, 3.05) is 7.11 Å². The Balaban J connectivity index is 2.26. The highest BCUT2D eigenvalue weighted by Gasteiger charge is 2.20. The molecule has 0 aromatic heterocycles. The largest absolute Gasteiger partial charge is 0.493 e. The smallest absolute Gasteiger partial charge is 0.387 e. The monoisotopic (exact) mass is 350 g/mol. The van der Waals surface area contributed by atoms with Crippen LogP contribution < -0.4 is 14.8 Å². The van der Waals surface area contributed by atoms with E-state index in [1.165, 1.54) is 25.3 Å². The summed E-state index contributed by atoms with van der Waals surface area (Å²) < 4.78 is 34.8. The minimum absolute atomic E-state index is 0.0418. The first-order valence-electron chi connectivity index (χ1n) is 8.09. The summed E-state index contributed by atoms with van der Waals surface area (Å²) in [6.45, 7) is -3.05. The van der Waals surface area contributed by atoms with Crippen molar-refractivity contribution in [1.82, 2.24) is 5.32 Å². The minimum atomic E-state index is -3.05. The van der Waals surface area contributed by atoms with Crippen LogP contribution in [0.2, 0.25) is 0 Å². The number of carbonyl (C=O) groups excluding carboxylic acids is 1. The second-order valence-corrected chi connectivity index (χ2v) is 5.74. The fraction of sp³-hybridized carbons (Fsp3) is 0.444. The Hall–Kier alpha value is -2.62. The zero-order chi connectivity index (χ0) is 18.2. The van der Waals surface area contributed by atoms with Crippen LogP contribution in [0.4, 0.5) is 8.78 Å². The Morgan fingerprint density at radius 3 is 2.68 bits per heavy atom. The summed E-state index contributed by atoms with van der Waals surface area (Å²) in [5, 5.41) is 12.1. The zero-order valence-corrected chi connectivity index (χ0v) is 13.9. The lowest BCUT2D eigenvalue weighted by atomic mass is 9.95. The Morgan fingerprint density at radius 2 is 2.08 bits per heavy atom. The van der Waals surface area contributed by atoms with Crippen LogP contribution in [0.3, 0.4) is 0 Å². The highest BCUT2D eigenvalue weighted by molar-refractivity contribution is 6.02. The summed E-state index contributed by atoms with van der Waals surface area (Å²) in [6, 6.07) is 6.37. The zero-order valence-electron chi connectivity index (χ0n) is 13.9. The van der Waals surface area contributed by atoms with Crippen LogP contribution in [0.25, 0.3) is 6.08 Å². The third-order valence-electron chi connectivity index (χ3n) is 4.04. The van der Waals surface area contributed by atoms with Gasteiger partial charge in [0.15, 0.2) is 11.5 Å². The number of methoxy groups -OCH3 is 1. The van der Waals surface area contributed by atoms with Crippen LogP contribution in [0.5, 0.6) is 11.5 Å². The normalized spacial score (nSPS) is 15.6. The molecule has 0 radical (unpaired) electrons. The standard InChI is InChI=1S/C18H20F2N2O3/c1-24-15-9-5-6-12(16(15)25-18(19)20)10-13(11-21)17(23)22-14-7-3-2-4-8-14/h5-6,9-10,14,18H,2-4,7-8H2,1H3,(H,22,23)/b13-10+. The molecule has 0 aliphatic heterocycles. The average Bonchev–Trinajstić information content (AvgIpc) is 2.61. The Morgan fingerprint density at radius 1 is 1.36 bits per heavy atom. The fourth-order valence-corrected chi connectivity index (χ4v) is 2.84. The van der Waals surface area contributed by atoms with E-state index in [1.54, 1.807) is 6.07 Å². The number of hydrogen-bond acceptors (Lipinski definition) is 4. The molecular weight excluding hydrogens is 330 g/mol. The lowest BCUT2D eigenvalue weighted by Crippen LogP contribution is -2.36.